The predicted octanol–water partition coefficient (Wildman–Crippen LogP) is 4.21. The van der Waals surface area contributed by atoms with Crippen molar-refractivity contribution >= 4 is 16.7 Å². The van der Waals surface area contributed by atoms with Crippen molar-refractivity contribution in [3.8, 4) is 5.75 Å². The van der Waals surface area contributed by atoms with E-state index in [0.717, 1.165) is 24.1 Å². The molecule has 2 aromatic carbocycles. The maximum Gasteiger partial charge on any atom is 0.319 e. The summed E-state index contributed by atoms with van der Waals surface area (Å²) in [5, 5.41) is 1.95. The molecule has 0 spiro atoms. The number of alkyl halides is 2. The van der Waals surface area contributed by atoms with Gasteiger partial charge in [0.25, 0.3) is 6.43 Å². The third-order valence-electron chi connectivity index (χ3n) is 3.25. The summed E-state index contributed by atoms with van der Waals surface area (Å²) < 4.78 is 29.8. The number of carbonyl (C=O) groups excluding carboxylic acids is 1. The Labute approximate surface area is 116 Å². The van der Waals surface area contributed by atoms with Crippen molar-refractivity contribution in [2.24, 2.45) is 5.92 Å². The molecule has 1 atom stereocenters. The Kier molecular flexibility index (Phi) is 4.32. The van der Waals surface area contributed by atoms with Gasteiger partial charge in [0.05, 0.1) is 0 Å². The number of hydrogen-bond acceptors (Lipinski definition) is 2. The van der Waals surface area contributed by atoms with Gasteiger partial charge in [-0.2, -0.15) is 0 Å². The lowest BCUT2D eigenvalue weighted by Crippen LogP contribution is -2.23. The van der Waals surface area contributed by atoms with E-state index in [9.17, 15) is 13.6 Å². The van der Waals surface area contributed by atoms with E-state index in [0.29, 0.717) is 5.75 Å². The molecule has 0 aliphatic carbocycles. The number of aryl methyl sites for hydroxylation is 1. The number of fused-ring (bicyclic) bond motifs is 1. The summed E-state index contributed by atoms with van der Waals surface area (Å²) in [5.74, 6) is -2.04. The quantitative estimate of drug-likeness (QED) is 0.618. The molecule has 0 radical (unpaired) electrons. The summed E-state index contributed by atoms with van der Waals surface area (Å²) in [7, 11) is 0. The second-order valence-electron chi connectivity index (χ2n) is 4.74. The molecule has 0 amide bonds. The van der Waals surface area contributed by atoms with E-state index >= 15 is 0 Å². The highest BCUT2D eigenvalue weighted by atomic mass is 19.3. The van der Waals surface area contributed by atoms with Crippen LogP contribution in [0.5, 0.6) is 5.75 Å². The summed E-state index contributed by atoms with van der Waals surface area (Å²) in [4.78, 5) is 11.5. The minimum atomic E-state index is -2.71. The van der Waals surface area contributed by atoms with Gasteiger partial charge >= 0.3 is 5.97 Å². The van der Waals surface area contributed by atoms with Crippen LogP contribution in [-0.2, 0) is 11.2 Å². The van der Waals surface area contributed by atoms with Crippen molar-refractivity contribution in [3.05, 3.63) is 42.0 Å². The maximum absolute atomic E-state index is 12.4. The zero-order valence-electron chi connectivity index (χ0n) is 11.4. The Balaban J connectivity index is 2.22. The van der Waals surface area contributed by atoms with Gasteiger partial charge in [0, 0.05) is 0 Å². The molecule has 0 aliphatic heterocycles. The number of carbonyl (C=O) groups is 1. The normalized spacial score (nSPS) is 12.7. The van der Waals surface area contributed by atoms with Gasteiger partial charge in [0.15, 0.2) is 0 Å². The molecule has 2 rings (SSSR count). The topological polar surface area (TPSA) is 26.3 Å². The van der Waals surface area contributed by atoms with E-state index in [1.54, 1.807) is 12.1 Å². The van der Waals surface area contributed by atoms with Crippen LogP contribution in [0.1, 0.15) is 19.4 Å². The summed E-state index contributed by atoms with van der Waals surface area (Å²) in [6.07, 6.45) is -1.77. The van der Waals surface area contributed by atoms with Crippen LogP contribution in [0, 0.1) is 5.92 Å². The fraction of sp³-hybridized carbons (Fsp3) is 0.312. The molecule has 106 valence electrons. The third kappa shape index (κ3) is 3.13. The lowest BCUT2D eigenvalue weighted by atomic mass is 10.1. The van der Waals surface area contributed by atoms with E-state index in [-0.39, 0.29) is 0 Å². The number of benzene rings is 2. The summed E-state index contributed by atoms with van der Waals surface area (Å²) in [6, 6.07) is 11.1. The molecule has 0 N–H and O–H groups in total. The van der Waals surface area contributed by atoms with Crippen molar-refractivity contribution < 1.29 is 18.3 Å². The van der Waals surface area contributed by atoms with Crippen LogP contribution in [0.2, 0.25) is 0 Å². The van der Waals surface area contributed by atoms with Crippen molar-refractivity contribution in [2.45, 2.75) is 26.7 Å². The van der Waals surface area contributed by atoms with Crippen LogP contribution in [-0.4, -0.2) is 12.4 Å². The second kappa shape index (κ2) is 5.99. The van der Waals surface area contributed by atoms with E-state index in [1.165, 1.54) is 5.56 Å². The standard InChI is InChI=1S/C16H16F2O2/c1-3-11-4-5-13-9-14(7-6-12(13)8-11)20-16(19)10(2)15(17)18/h4-10,15H,3H2,1-2H3. The molecular formula is C16H16F2O2. The number of esters is 1. The van der Waals surface area contributed by atoms with Gasteiger partial charge < -0.3 is 4.74 Å². The van der Waals surface area contributed by atoms with Crippen molar-refractivity contribution in [1.29, 1.82) is 0 Å². The Hall–Kier alpha value is -1.97. The Morgan fingerprint density at radius 1 is 1.15 bits per heavy atom. The highest BCUT2D eigenvalue weighted by Crippen LogP contribution is 2.23. The zero-order valence-corrected chi connectivity index (χ0v) is 11.4. The highest BCUT2D eigenvalue weighted by Gasteiger charge is 2.25. The summed E-state index contributed by atoms with van der Waals surface area (Å²) >= 11 is 0. The van der Waals surface area contributed by atoms with Crippen LogP contribution >= 0.6 is 0 Å². The molecule has 0 bridgehead atoms. The molecule has 20 heavy (non-hydrogen) atoms. The summed E-state index contributed by atoms with van der Waals surface area (Å²) in [6.45, 7) is 3.23. The molecule has 4 heteroatoms. The van der Waals surface area contributed by atoms with E-state index in [2.05, 4.69) is 13.0 Å². The summed E-state index contributed by atoms with van der Waals surface area (Å²) in [5.41, 5.74) is 1.22. The zero-order chi connectivity index (χ0) is 14.7. The number of ether oxygens (including phenoxy) is 1. The average Bonchev–Trinajstić information content (AvgIpc) is 2.45. The molecule has 0 aliphatic rings. The first kappa shape index (κ1) is 14.4. The van der Waals surface area contributed by atoms with Crippen molar-refractivity contribution in [1.82, 2.24) is 0 Å². The first-order valence-electron chi connectivity index (χ1n) is 6.53. The molecular weight excluding hydrogens is 262 g/mol. The van der Waals surface area contributed by atoms with Crippen molar-refractivity contribution in [3.63, 3.8) is 0 Å². The number of hydrogen-bond donors (Lipinski definition) is 0. The monoisotopic (exact) mass is 278 g/mol. The molecule has 0 heterocycles. The van der Waals surface area contributed by atoms with Crippen LogP contribution in [0.25, 0.3) is 10.8 Å². The number of halogens is 2. The third-order valence-corrected chi connectivity index (χ3v) is 3.25. The molecule has 2 nitrogen and oxygen atoms in total. The minimum Gasteiger partial charge on any atom is -0.426 e. The molecule has 2 aromatic rings. The first-order chi connectivity index (χ1) is 9.51. The molecule has 0 aromatic heterocycles. The highest BCUT2D eigenvalue weighted by molar-refractivity contribution is 5.85. The van der Waals surface area contributed by atoms with Crippen LogP contribution in [0.4, 0.5) is 8.78 Å². The van der Waals surface area contributed by atoms with E-state index in [4.69, 9.17) is 4.74 Å². The van der Waals surface area contributed by atoms with Crippen LogP contribution < -0.4 is 4.74 Å². The largest absolute Gasteiger partial charge is 0.426 e. The molecule has 0 saturated heterocycles. The smallest absolute Gasteiger partial charge is 0.319 e. The lowest BCUT2D eigenvalue weighted by Gasteiger charge is -2.10. The molecule has 1 unspecified atom stereocenters. The second-order valence-corrected chi connectivity index (χ2v) is 4.74. The van der Waals surface area contributed by atoms with Gasteiger partial charge in [-0.15, -0.1) is 0 Å². The predicted molar refractivity (Wildman–Crippen MR) is 74.1 cm³/mol. The van der Waals surface area contributed by atoms with Gasteiger partial charge in [-0.1, -0.05) is 31.2 Å². The SMILES string of the molecule is CCc1ccc2cc(OC(=O)C(C)C(F)F)ccc2c1. The Bertz CT molecular complexity index is 623. The van der Waals surface area contributed by atoms with Crippen LogP contribution in [0.3, 0.4) is 0 Å². The lowest BCUT2D eigenvalue weighted by molar-refractivity contribution is -0.143. The first-order valence-corrected chi connectivity index (χ1v) is 6.53. The molecule has 0 saturated carbocycles. The van der Waals surface area contributed by atoms with Gasteiger partial charge in [-0.25, -0.2) is 8.78 Å². The average molecular weight is 278 g/mol. The fourth-order valence-electron chi connectivity index (χ4n) is 1.87. The van der Waals surface area contributed by atoms with Gasteiger partial charge in [-0.3, -0.25) is 4.79 Å². The molecule has 0 fully saturated rings. The van der Waals surface area contributed by atoms with Gasteiger partial charge in [0.1, 0.15) is 11.7 Å². The Morgan fingerprint density at radius 3 is 2.45 bits per heavy atom. The van der Waals surface area contributed by atoms with E-state index < -0.39 is 18.3 Å². The van der Waals surface area contributed by atoms with Crippen molar-refractivity contribution in [2.75, 3.05) is 0 Å². The number of rotatable bonds is 4. The van der Waals surface area contributed by atoms with Gasteiger partial charge in [0.2, 0.25) is 0 Å². The minimum absolute atomic E-state index is 0.291. The van der Waals surface area contributed by atoms with Crippen LogP contribution in [0.15, 0.2) is 36.4 Å². The fourth-order valence-corrected chi connectivity index (χ4v) is 1.87. The van der Waals surface area contributed by atoms with Gasteiger partial charge in [-0.05, 0) is 41.8 Å². The maximum atomic E-state index is 12.4. The van der Waals surface area contributed by atoms with E-state index in [1.807, 2.05) is 18.2 Å². The Morgan fingerprint density at radius 2 is 1.80 bits per heavy atom.